The first kappa shape index (κ1) is 21.6. The Labute approximate surface area is 156 Å². The lowest BCUT2D eigenvalue weighted by atomic mass is 10.2. The Morgan fingerprint density at radius 3 is 2.38 bits per heavy atom. The average Bonchev–Trinajstić information content (AvgIpc) is 2.58. The van der Waals surface area contributed by atoms with Crippen molar-refractivity contribution in [2.45, 2.75) is 39.6 Å². The summed E-state index contributed by atoms with van der Waals surface area (Å²) in [6, 6.07) is 6.36. The summed E-state index contributed by atoms with van der Waals surface area (Å²) in [6.45, 7) is 4.66. The Kier molecular flexibility index (Phi) is 8.71. The highest BCUT2D eigenvalue weighted by atomic mass is 35.5. The van der Waals surface area contributed by atoms with Crippen molar-refractivity contribution < 1.29 is 33.7 Å². The smallest absolute Gasteiger partial charge is 0.410 e. The Hall–Kier alpha value is -2.48. The zero-order valence-corrected chi connectivity index (χ0v) is 15.5. The predicted octanol–water partition coefficient (Wildman–Crippen LogP) is 2.83. The van der Waals surface area contributed by atoms with Crippen molar-refractivity contribution in [1.82, 2.24) is 5.32 Å². The average molecular weight is 388 g/mol. The van der Waals surface area contributed by atoms with Gasteiger partial charge >= 0.3 is 18.0 Å². The molecule has 0 spiro atoms. The summed E-state index contributed by atoms with van der Waals surface area (Å²) in [4.78, 5) is 34.5. The molecular weight excluding hydrogens is 366 g/mol. The van der Waals surface area contributed by atoms with Crippen molar-refractivity contribution in [2.75, 3.05) is 6.54 Å². The lowest BCUT2D eigenvalue weighted by molar-refractivity contribution is -0.174. The number of benzene rings is 1. The number of hydrogen-bond acceptors (Lipinski definition) is 6. The normalized spacial score (nSPS) is 12.8. The van der Waals surface area contributed by atoms with Crippen molar-refractivity contribution in [1.29, 1.82) is 0 Å². The molecule has 0 saturated heterocycles. The number of nitrogens with one attached hydrogen (secondary N) is 1. The van der Waals surface area contributed by atoms with Gasteiger partial charge < -0.3 is 24.6 Å². The lowest BCUT2D eigenvalue weighted by Gasteiger charge is -2.22. The van der Waals surface area contributed by atoms with Crippen LogP contribution < -0.4 is 10.1 Å². The Bertz CT molecular complexity index is 635. The molecule has 144 valence electrons. The highest BCUT2D eigenvalue weighted by Gasteiger charge is 2.25. The molecular formula is C17H22ClNO7. The van der Waals surface area contributed by atoms with Crippen LogP contribution in [0, 0.1) is 5.92 Å². The van der Waals surface area contributed by atoms with Crippen molar-refractivity contribution >= 4 is 29.6 Å². The van der Waals surface area contributed by atoms with Gasteiger partial charge in [0, 0.05) is 12.3 Å². The van der Waals surface area contributed by atoms with Crippen molar-refractivity contribution in [3.8, 4) is 5.75 Å². The maximum absolute atomic E-state index is 11.9. The van der Waals surface area contributed by atoms with E-state index in [1.54, 1.807) is 39.0 Å². The van der Waals surface area contributed by atoms with Gasteiger partial charge in [0.15, 0.2) is 0 Å². The first-order chi connectivity index (χ1) is 12.2. The molecule has 0 saturated carbocycles. The van der Waals surface area contributed by atoms with Crippen LogP contribution in [0.4, 0.5) is 4.79 Å². The largest absolute Gasteiger partial charge is 0.478 e. The molecule has 0 radical (unpaired) electrons. The number of rotatable bonds is 9. The zero-order valence-electron chi connectivity index (χ0n) is 14.7. The van der Waals surface area contributed by atoms with E-state index in [9.17, 15) is 19.5 Å². The first-order valence-corrected chi connectivity index (χ1v) is 8.40. The molecule has 1 rings (SSSR count). The second-order valence-corrected chi connectivity index (χ2v) is 6.02. The highest BCUT2D eigenvalue weighted by molar-refractivity contribution is 6.32. The quantitative estimate of drug-likeness (QED) is 0.495. The number of carboxylic acid groups (broad SMARTS) is 1. The number of carbonyl (C=O) groups excluding carboxylic acids is 2. The Balaban J connectivity index is 2.62. The summed E-state index contributed by atoms with van der Waals surface area (Å²) < 4.78 is 15.3. The van der Waals surface area contributed by atoms with Gasteiger partial charge in [-0.25, -0.2) is 9.59 Å². The molecule has 0 aliphatic carbocycles. The fourth-order valence-corrected chi connectivity index (χ4v) is 1.89. The molecule has 0 aliphatic heterocycles. The zero-order chi connectivity index (χ0) is 19.7. The third-order valence-corrected chi connectivity index (χ3v) is 3.43. The lowest BCUT2D eigenvalue weighted by Crippen LogP contribution is -2.42. The number of esters is 1. The monoisotopic (exact) mass is 387 g/mol. The van der Waals surface area contributed by atoms with E-state index in [0.717, 1.165) is 0 Å². The maximum Gasteiger partial charge on any atom is 0.410 e. The number of para-hydroxylation sites is 1. The number of carboxylic acids is 1. The number of hydrogen-bond donors (Lipinski definition) is 2. The number of alkyl carbamates (subject to hydrolysis) is 1. The van der Waals surface area contributed by atoms with E-state index in [0.29, 0.717) is 0 Å². The molecule has 0 bridgehead atoms. The van der Waals surface area contributed by atoms with Crippen LogP contribution in [0.3, 0.4) is 0 Å². The summed E-state index contributed by atoms with van der Waals surface area (Å²) >= 11 is 5.92. The molecule has 1 amide bonds. The molecule has 0 heterocycles. The number of aliphatic carboxylic acids is 1. The fraction of sp³-hybridized carbons (Fsp3) is 0.471. The van der Waals surface area contributed by atoms with Gasteiger partial charge in [-0.15, -0.1) is 0 Å². The van der Waals surface area contributed by atoms with Gasteiger partial charge in [-0.2, -0.15) is 0 Å². The van der Waals surface area contributed by atoms with Gasteiger partial charge in [-0.05, 0) is 12.1 Å². The van der Waals surface area contributed by atoms with E-state index >= 15 is 0 Å². The van der Waals surface area contributed by atoms with Crippen LogP contribution in [0.25, 0.3) is 0 Å². The Morgan fingerprint density at radius 1 is 1.19 bits per heavy atom. The summed E-state index contributed by atoms with van der Waals surface area (Å²) in [5.74, 6) is -1.90. The van der Waals surface area contributed by atoms with Crippen LogP contribution >= 0.6 is 11.6 Å². The minimum atomic E-state index is -1.38. The van der Waals surface area contributed by atoms with E-state index < -0.39 is 30.4 Å². The van der Waals surface area contributed by atoms with Crippen molar-refractivity contribution in [3.05, 3.63) is 29.3 Å². The Morgan fingerprint density at radius 2 is 1.85 bits per heavy atom. The SMILES string of the molecule is CCC(=O)O[C@H](OC(=O)NC[C@H](Oc1ccccc1Cl)C(=O)O)C(C)C. The number of ether oxygens (including phenoxy) is 3. The molecule has 0 fully saturated rings. The van der Waals surface area contributed by atoms with Crippen LogP contribution in [-0.4, -0.2) is 42.1 Å². The highest BCUT2D eigenvalue weighted by Crippen LogP contribution is 2.24. The topological polar surface area (TPSA) is 111 Å². The van der Waals surface area contributed by atoms with Crippen molar-refractivity contribution in [2.24, 2.45) is 5.92 Å². The molecule has 0 unspecified atom stereocenters. The van der Waals surface area contributed by atoms with E-state index in [2.05, 4.69) is 5.32 Å². The van der Waals surface area contributed by atoms with Crippen LogP contribution in [0.2, 0.25) is 5.02 Å². The molecule has 0 aliphatic rings. The fourth-order valence-electron chi connectivity index (χ4n) is 1.71. The van der Waals surface area contributed by atoms with E-state index in [4.69, 9.17) is 25.8 Å². The van der Waals surface area contributed by atoms with Gasteiger partial charge in [-0.3, -0.25) is 4.79 Å². The van der Waals surface area contributed by atoms with Gasteiger partial charge in [0.25, 0.3) is 6.29 Å². The van der Waals surface area contributed by atoms with Crippen molar-refractivity contribution in [3.63, 3.8) is 0 Å². The van der Waals surface area contributed by atoms with E-state index in [-0.39, 0.29) is 29.7 Å². The summed E-state index contributed by atoms with van der Waals surface area (Å²) in [5, 5.41) is 11.8. The standard InChI is InChI=1S/C17H22ClNO7/c1-4-14(20)25-16(10(2)3)26-17(23)19-9-13(15(21)22)24-12-8-6-5-7-11(12)18/h5-8,10,13,16H,4,9H2,1-3H3,(H,19,23)(H,21,22)/t13-,16+/m0/s1. The second-order valence-electron chi connectivity index (χ2n) is 5.62. The van der Waals surface area contributed by atoms with Crippen LogP contribution in [0.15, 0.2) is 24.3 Å². The van der Waals surface area contributed by atoms with Gasteiger partial charge in [0.2, 0.25) is 6.10 Å². The molecule has 9 heteroatoms. The third kappa shape index (κ3) is 7.18. The molecule has 2 N–H and O–H groups in total. The van der Waals surface area contributed by atoms with Crippen LogP contribution in [0.1, 0.15) is 27.2 Å². The summed E-state index contributed by atoms with van der Waals surface area (Å²) in [6.07, 6.45) is -3.24. The first-order valence-electron chi connectivity index (χ1n) is 8.02. The van der Waals surface area contributed by atoms with Crippen LogP contribution in [0.5, 0.6) is 5.75 Å². The summed E-state index contributed by atoms with van der Waals surface area (Å²) in [5.41, 5.74) is 0. The van der Waals surface area contributed by atoms with Gasteiger partial charge in [0.05, 0.1) is 11.6 Å². The van der Waals surface area contributed by atoms with Gasteiger partial charge in [-0.1, -0.05) is 44.5 Å². The molecule has 1 aromatic rings. The van der Waals surface area contributed by atoms with E-state index in [1.165, 1.54) is 6.07 Å². The third-order valence-electron chi connectivity index (χ3n) is 3.12. The number of halogens is 1. The minimum Gasteiger partial charge on any atom is -0.478 e. The maximum atomic E-state index is 11.9. The molecule has 26 heavy (non-hydrogen) atoms. The summed E-state index contributed by atoms with van der Waals surface area (Å²) in [7, 11) is 0. The molecule has 8 nitrogen and oxygen atoms in total. The van der Waals surface area contributed by atoms with Gasteiger partial charge in [0.1, 0.15) is 5.75 Å². The number of amides is 1. The second kappa shape index (κ2) is 10.5. The van der Waals surface area contributed by atoms with E-state index in [1.807, 2.05) is 0 Å². The molecule has 2 atom stereocenters. The molecule has 0 aromatic heterocycles. The number of carbonyl (C=O) groups is 3. The predicted molar refractivity (Wildman–Crippen MR) is 93.0 cm³/mol. The minimum absolute atomic E-state index is 0.140. The molecule has 1 aromatic carbocycles. The van der Waals surface area contributed by atoms with Crippen LogP contribution in [-0.2, 0) is 19.1 Å².